The number of hydrogen-bond acceptors (Lipinski definition) is 3. The summed E-state index contributed by atoms with van der Waals surface area (Å²) in [5, 5.41) is 22.1. The van der Waals surface area contributed by atoms with Crippen LogP contribution in [0.15, 0.2) is 24.3 Å². The Morgan fingerprint density at radius 1 is 1.23 bits per heavy atom. The third kappa shape index (κ3) is 3.61. The predicted molar refractivity (Wildman–Crippen MR) is 83.1 cm³/mol. The molecule has 1 aromatic rings. The molecular weight excluding hydrogens is 278 g/mol. The molecular formula is C18H17NO3. The van der Waals surface area contributed by atoms with Gasteiger partial charge in [-0.1, -0.05) is 11.8 Å². The van der Waals surface area contributed by atoms with Crippen molar-refractivity contribution >= 4 is 11.7 Å². The second-order valence-corrected chi connectivity index (χ2v) is 5.89. The molecule has 1 atom stereocenters. The van der Waals surface area contributed by atoms with Gasteiger partial charge in [-0.15, -0.1) is 0 Å². The van der Waals surface area contributed by atoms with Crippen LogP contribution >= 0.6 is 0 Å². The summed E-state index contributed by atoms with van der Waals surface area (Å²) in [6.45, 7) is 0. The lowest BCUT2D eigenvalue weighted by molar-refractivity contribution is -0.141. The molecule has 2 aliphatic rings. The van der Waals surface area contributed by atoms with Gasteiger partial charge in [-0.05, 0) is 61.8 Å². The Hall–Kier alpha value is -2.43. The van der Waals surface area contributed by atoms with Crippen LogP contribution in [0, 0.1) is 29.6 Å². The normalized spacial score (nSPS) is 19.0. The Morgan fingerprint density at radius 2 is 1.91 bits per heavy atom. The molecule has 0 amide bonds. The van der Waals surface area contributed by atoms with Crippen molar-refractivity contribution in [3.05, 3.63) is 29.8 Å². The van der Waals surface area contributed by atoms with Gasteiger partial charge in [-0.2, -0.15) is 0 Å². The molecule has 2 fully saturated rings. The highest BCUT2D eigenvalue weighted by molar-refractivity contribution is 5.79. The van der Waals surface area contributed by atoms with Crippen LogP contribution in [0.4, 0.5) is 5.69 Å². The fourth-order valence-electron chi connectivity index (χ4n) is 2.13. The largest absolute Gasteiger partial charge is 0.480 e. The summed E-state index contributed by atoms with van der Waals surface area (Å²) in [6, 6.07) is 6.17. The van der Waals surface area contributed by atoms with E-state index >= 15 is 0 Å². The van der Waals surface area contributed by atoms with Crippen LogP contribution in [0.2, 0.25) is 0 Å². The van der Waals surface area contributed by atoms with Gasteiger partial charge in [0.2, 0.25) is 0 Å². The van der Waals surface area contributed by atoms with Crippen molar-refractivity contribution < 1.29 is 15.0 Å². The summed E-state index contributed by atoms with van der Waals surface area (Å²) in [5.74, 6) is 11.2. The molecule has 0 aliphatic heterocycles. The van der Waals surface area contributed by atoms with Gasteiger partial charge < -0.3 is 15.5 Å². The van der Waals surface area contributed by atoms with E-state index in [2.05, 4.69) is 29.0 Å². The Morgan fingerprint density at radius 3 is 2.45 bits per heavy atom. The molecule has 0 heterocycles. The predicted octanol–water partition coefficient (Wildman–Crippen LogP) is 1.84. The van der Waals surface area contributed by atoms with Gasteiger partial charge in [0.25, 0.3) is 0 Å². The molecule has 2 aliphatic carbocycles. The Bertz CT molecular complexity index is 692. The van der Waals surface area contributed by atoms with Crippen molar-refractivity contribution in [1.82, 2.24) is 0 Å². The topological polar surface area (TPSA) is 69.6 Å². The zero-order chi connectivity index (χ0) is 15.6. The van der Waals surface area contributed by atoms with Crippen molar-refractivity contribution in [2.45, 2.75) is 37.3 Å². The summed E-state index contributed by atoms with van der Waals surface area (Å²) in [7, 11) is 0. The van der Waals surface area contributed by atoms with E-state index in [-0.39, 0.29) is 0 Å². The fraction of sp³-hybridized carbons (Fsp3) is 0.389. The second-order valence-electron chi connectivity index (χ2n) is 5.89. The van der Waals surface area contributed by atoms with Gasteiger partial charge in [0.05, 0.1) is 5.60 Å². The first-order chi connectivity index (χ1) is 10.6. The van der Waals surface area contributed by atoms with E-state index in [0.29, 0.717) is 24.4 Å². The van der Waals surface area contributed by atoms with Gasteiger partial charge in [-0.25, -0.2) is 4.79 Å². The minimum absolute atomic E-state index is 0.514. The SMILES string of the molecule is O=C(O)C(Nc1ccc(C#CC#CC2CC2)cc1)C1(O)CC1. The lowest BCUT2D eigenvalue weighted by Gasteiger charge is -2.20. The van der Waals surface area contributed by atoms with E-state index in [1.165, 1.54) is 12.8 Å². The second kappa shape index (κ2) is 5.75. The Balaban J connectivity index is 1.63. The van der Waals surface area contributed by atoms with Crippen LogP contribution in [0.5, 0.6) is 0 Å². The molecule has 2 saturated carbocycles. The van der Waals surface area contributed by atoms with E-state index in [9.17, 15) is 15.0 Å². The van der Waals surface area contributed by atoms with Crippen LogP contribution in [0.3, 0.4) is 0 Å². The van der Waals surface area contributed by atoms with Crippen LogP contribution in [-0.4, -0.2) is 27.8 Å². The summed E-state index contributed by atoms with van der Waals surface area (Å²) in [4.78, 5) is 11.2. The molecule has 0 radical (unpaired) electrons. The number of carboxylic acid groups (broad SMARTS) is 1. The first-order valence-corrected chi connectivity index (χ1v) is 7.40. The van der Waals surface area contributed by atoms with Crippen molar-refractivity contribution in [1.29, 1.82) is 0 Å². The number of anilines is 1. The number of nitrogens with one attached hydrogen (secondary N) is 1. The van der Waals surface area contributed by atoms with Gasteiger partial charge in [0.1, 0.15) is 0 Å². The standard InChI is InChI=1S/C18H17NO3/c20-17(21)16(18(22)11-12-18)19-15-9-7-14(8-10-15)4-2-1-3-13-5-6-13/h7-10,13,16,19,22H,5-6,11-12H2,(H,20,21). The van der Waals surface area contributed by atoms with Crippen LogP contribution in [0.25, 0.3) is 0 Å². The van der Waals surface area contributed by atoms with E-state index in [0.717, 1.165) is 5.56 Å². The lowest BCUT2D eigenvalue weighted by atomic mass is 10.1. The number of carboxylic acids is 1. The molecule has 0 spiro atoms. The maximum atomic E-state index is 11.2. The molecule has 3 rings (SSSR count). The highest BCUT2D eigenvalue weighted by atomic mass is 16.4. The molecule has 1 unspecified atom stereocenters. The molecule has 4 heteroatoms. The Kier molecular flexibility index (Phi) is 3.79. The molecule has 3 N–H and O–H groups in total. The maximum absolute atomic E-state index is 11.2. The first kappa shape index (κ1) is 14.5. The molecule has 112 valence electrons. The van der Waals surface area contributed by atoms with E-state index in [1.807, 2.05) is 12.1 Å². The lowest BCUT2D eigenvalue weighted by Crippen LogP contribution is -2.42. The van der Waals surface area contributed by atoms with Gasteiger partial charge >= 0.3 is 5.97 Å². The summed E-state index contributed by atoms with van der Waals surface area (Å²) in [6.07, 6.45) is 3.40. The zero-order valence-corrected chi connectivity index (χ0v) is 12.1. The van der Waals surface area contributed by atoms with E-state index in [4.69, 9.17) is 0 Å². The van der Waals surface area contributed by atoms with Crippen LogP contribution in [-0.2, 0) is 4.79 Å². The van der Waals surface area contributed by atoms with Crippen molar-refractivity contribution in [2.75, 3.05) is 5.32 Å². The number of aliphatic carboxylic acids is 1. The van der Waals surface area contributed by atoms with Crippen molar-refractivity contribution in [3.63, 3.8) is 0 Å². The zero-order valence-electron chi connectivity index (χ0n) is 12.1. The summed E-state index contributed by atoms with van der Waals surface area (Å²) in [5.41, 5.74) is 0.359. The van der Waals surface area contributed by atoms with Gasteiger partial charge in [-0.3, -0.25) is 0 Å². The maximum Gasteiger partial charge on any atom is 0.329 e. The van der Waals surface area contributed by atoms with Crippen LogP contribution in [0.1, 0.15) is 31.2 Å². The molecule has 0 bridgehead atoms. The molecule has 4 nitrogen and oxygen atoms in total. The molecule has 0 aromatic heterocycles. The molecule has 1 aromatic carbocycles. The molecule has 0 saturated heterocycles. The minimum Gasteiger partial charge on any atom is -0.480 e. The van der Waals surface area contributed by atoms with Crippen molar-refractivity contribution in [2.24, 2.45) is 5.92 Å². The van der Waals surface area contributed by atoms with E-state index < -0.39 is 17.6 Å². The summed E-state index contributed by atoms with van der Waals surface area (Å²) >= 11 is 0. The number of carbonyl (C=O) groups is 1. The first-order valence-electron chi connectivity index (χ1n) is 7.40. The third-order valence-corrected chi connectivity index (χ3v) is 3.87. The quantitative estimate of drug-likeness (QED) is 0.741. The van der Waals surface area contributed by atoms with Crippen molar-refractivity contribution in [3.8, 4) is 23.7 Å². The smallest absolute Gasteiger partial charge is 0.329 e. The van der Waals surface area contributed by atoms with Gasteiger partial charge in [0, 0.05) is 17.2 Å². The average molecular weight is 295 g/mol. The Labute approximate surface area is 129 Å². The number of rotatable bonds is 4. The van der Waals surface area contributed by atoms with E-state index in [1.54, 1.807) is 12.1 Å². The highest BCUT2D eigenvalue weighted by Crippen LogP contribution is 2.39. The average Bonchev–Trinajstić information content (AvgIpc) is 3.40. The third-order valence-electron chi connectivity index (χ3n) is 3.87. The fourth-order valence-corrected chi connectivity index (χ4v) is 2.13. The number of aliphatic hydroxyl groups is 1. The minimum atomic E-state index is -1.12. The number of hydrogen-bond donors (Lipinski definition) is 3. The van der Waals surface area contributed by atoms with Crippen LogP contribution < -0.4 is 5.32 Å². The number of benzene rings is 1. The molecule has 22 heavy (non-hydrogen) atoms. The monoisotopic (exact) mass is 295 g/mol. The summed E-state index contributed by atoms with van der Waals surface area (Å²) < 4.78 is 0. The van der Waals surface area contributed by atoms with Gasteiger partial charge in [0.15, 0.2) is 6.04 Å². The highest BCUT2D eigenvalue weighted by Gasteiger charge is 2.51.